The summed E-state index contributed by atoms with van der Waals surface area (Å²) < 4.78 is 5.22. The van der Waals surface area contributed by atoms with E-state index in [-0.39, 0.29) is 5.28 Å². The molecule has 2 aromatic rings. The van der Waals surface area contributed by atoms with Crippen molar-refractivity contribution in [3.8, 4) is 0 Å². The summed E-state index contributed by atoms with van der Waals surface area (Å²) in [5, 5.41) is 3.43. The van der Waals surface area contributed by atoms with Gasteiger partial charge in [0.05, 0.1) is 12.8 Å². The van der Waals surface area contributed by atoms with Crippen LogP contribution in [-0.2, 0) is 13.0 Å². The average Bonchev–Trinajstić information content (AvgIpc) is 2.79. The van der Waals surface area contributed by atoms with Gasteiger partial charge in [0, 0.05) is 11.8 Å². The monoisotopic (exact) mass is 251 g/mol. The van der Waals surface area contributed by atoms with Gasteiger partial charge in [-0.1, -0.05) is 13.3 Å². The Balaban J connectivity index is 2.04. The smallest absolute Gasteiger partial charge is 0.224 e. The summed E-state index contributed by atoms with van der Waals surface area (Å²) >= 11 is 5.86. The van der Waals surface area contributed by atoms with Gasteiger partial charge in [0.15, 0.2) is 0 Å². The van der Waals surface area contributed by atoms with Crippen LogP contribution in [0.25, 0.3) is 0 Å². The summed E-state index contributed by atoms with van der Waals surface area (Å²) in [5.41, 5.74) is 0.953. The fraction of sp³-hybridized carbons (Fsp3) is 0.333. The Bertz CT molecular complexity index is 471. The van der Waals surface area contributed by atoms with Gasteiger partial charge >= 0.3 is 0 Å². The van der Waals surface area contributed by atoms with E-state index in [1.54, 1.807) is 6.26 Å². The van der Waals surface area contributed by atoms with E-state index in [0.717, 1.165) is 30.1 Å². The van der Waals surface area contributed by atoms with Crippen molar-refractivity contribution < 1.29 is 4.42 Å². The van der Waals surface area contributed by atoms with Crippen LogP contribution in [0.4, 0.5) is 5.82 Å². The van der Waals surface area contributed by atoms with Crippen LogP contribution in [-0.4, -0.2) is 9.97 Å². The standard InChI is InChI=1S/C12H14ClN3O/c1-2-4-9-7-11(16-12(13)15-9)14-8-10-5-3-6-17-10/h3,5-7H,2,4,8H2,1H3,(H,14,15,16). The zero-order valence-corrected chi connectivity index (χ0v) is 10.4. The number of anilines is 1. The number of halogens is 1. The normalized spacial score (nSPS) is 10.5. The highest BCUT2D eigenvalue weighted by Gasteiger charge is 2.03. The average molecular weight is 252 g/mol. The quantitative estimate of drug-likeness (QED) is 0.829. The van der Waals surface area contributed by atoms with E-state index in [1.165, 1.54) is 0 Å². The predicted octanol–water partition coefficient (Wildman–Crippen LogP) is 3.29. The first kappa shape index (κ1) is 11.9. The van der Waals surface area contributed by atoms with Gasteiger partial charge in [0.2, 0.25) is 5.28 Å². The molecule has 0 unspecified atom stereocenters. The Kier molecular flexibility index (Phi) is 3.98. The number of aryl methyl sites for hydroxylation is 1. The summed E-state index contributed by atoms with van der Waals surface area (Å²) in [6, 6.07) is 5.67. The first-order valence-corrected chi connectivity index (χ1v) is 5.95. The minimum Gasteiger partial charge on any atom is -0.467 e. The van der Waals surface area contributed by atoms with E-state index in [1.807, 2.05) is 18.2 Å². The van der Waals surface area contributed by atoms with Crippen molar-refractivity contribution in [3.63, 3.8) is 0 Å². The molecule has 1 N–H and O–H groups in total. The second-order valence-electron chi connectivity index (χ2n) is 3.70. The Hall–Kier alpha value is -1.55. The van der Waals surface area contributed by atoms with Crippen LogP contribution in [0.15, 0.2) is 28.9 Å². The van der Waals surface area contributed by atoms with Crippen molar-refractivity contribution in [3.05, 3.63) is 41.2 Å². The third kappa shape index (κ3) is 3.46. The molecule has 4 nitrogen and oxygen atoms in total. The summed E-state index contributed by atoms with van der Waals surface area (Å²) in [6.07, 6.45) is 3.58. The van der Waals surface area contributed by atoms with Crippen LogP contribution in [0.5, 0.6) is 0 Å². The van der Waals surface area contributed by atoms with Gasteiger partial charge in [0.25, 0.3) is 0 Å². The molecular weight excluding hydrogens is 238 g/mol. The SMILES string of the molecule is CCCc1cc(NCc2ccco2)nc(Cl)n1. The second kappa shape index (κ2) is 5.68. The van der Waals surface area contributed by atoms with Crippen LogP contribution >= 0.6 is 11.6 Å². The zero-order valence-electron chi connectivity index (χ0n) is 9.61. The van der Waals surface area contributed by atoms with Gasteiger partial charge in [-0.05, 0) is 30.2 Å². The van der Waals surface area contributed by atoms with Crippen LogP contribution in [0.1, 0.15) is 24.8 Å². The van der Waals surface area contributed by atoms with E-state index < -0.39 is 0 Å². The molecule has 0 radical (unpaired) electrons. The van der Waals surface area contributed by atoms with Crippen molar-refractivity contribution in [2.45, 2.75) is 26.3 Å². The number of rotatable bonds is 5. The summed E-state index contributed by atoms with van der Waals surface area (Å²) in [7, 11) is 0. The number of furan rings is 1. The molecule has 90 valence electrons. The highest BCUT2D eigenvalue weighted by molar-refractivity contribution is 6.28. The summed E-state index contributed by atoms with van der Waals surface area (Å²) in [6.45, 7) is 2.69. The fourth-order valence-electron chi connectivity index (χ4n) is 1.53. The van der Waals surface area contributed by atoms with E-state index in [2.05, 4.69) is 22.2 Å². The zero-order chi connectivity index (χ0) is 12.1. The number of nitrogens with one attached hydrogen (secondary N) is 1. The maximum Gasteiger partial charge on any atom is 0.224 e. The van der Waals surface area contributed by atoms with Gasteiger partial charge in [0.1, 0.15) is 11.6 Å². The highest BCUT2D eigenvalue weighted by atomic mass is 35.5. The maximum atomic E-state index is 5.86. The molecule has 0 bridgehead atoms. The maximum absolute atomic E-state index is 5.86. The lowest BCUT2D eigenvalue weighted by atomic mass is 10.2. The van der Waals surface area contributed by atoms with Crippen molar-refractivity contribution in [2.24, 2.45) is 0 Å². The minimum absolute atomic E-state index is 0.276. The van der Waals surface area contributed by atoms with E-state index in [4.69, 9.17) is 16.0 Å². The lowest BCUT2D eigenvalue weighted by Crippen LogP contribution is -2.03. The molecule has 0 fully saturated rings. The topological polar surface area (TPSA) is 51.0 Å². The molecule has 2 aromatic heterocycles. The first-order chi connectivity index (χ1) is 8.28. The van der Waals surface area contributed by atoms with Gasteiger partial charge in [-0.3, -0.25) is 0 Å². The van der Waals surface area contributed by atoms with E-state index in [9.17, 15) is 0 Å². The van der Waals surface area contributed by atoms with Crippen LogP contribution in [0.3, 0.4) is 0 Å². The van der Waals surface area contributed by atoms with Crippen molar-refractivity contribution in [2.75, 3.05) is 5.32 Å². The second-order valence-corrected chi connectivity index (χ2v) is 4.03. The lowest BCUT2D eigenvalue weighted by molar-refractivity contribution is 0.518. The summed E-state index contributed by atoms with van der Waals surface area (Å²) in [4.78, 5) is 8.28. The molecule has 17 heavy (non-hydrogen) atoms. The molecule has 2 heterocycles. The molecule has 0 aliphatic carbocycles. The van der Waals surface area contributed by atoms with Gasteiger partial charge < -0.3 is 9.73 Å². The Labute approximate surface area is 105 Å². The van der Waals surface area contributed by atoms with E-state index in [0.29, 0.717) is 6.54 Å². The number of nitrogens with zero attached hydrogens (tertiary/aromatic N) is 2. The molecule has 5 heteroatoms. The molecule has 0 aliphatic rings. The Morgan fingerprint density at radius 1 is 1.41 bits per heavy atom. The summed E-state index contributed by atoms with van der Waals surface area (Å²) in [5.74, 6) is 1.58. The van der Waals surface area contributed by atoms with Gasteiger partial charge in [-0.15, -0.1) is 0 Å². The molecular formula is C12H14ClN3O. The van der Waals surface area contributed by atoms with Crippen molar-refractivity contribution in [1.29, 1.82) is 0 Å². The molecule has 0 atom stereocenters. The van der Waals surface area contributed by atoms with E-state index >= 15 is 0 Å². The van der Waals surface area contributed by atoms with Crippen molar-refractivity contribution >= 4 is 17.4 Å². The molecule has 2 rings (SSSR count). The van der Waals surface area contributed by atoms with Gasteiger partial charge in [-0.25, -0.2) is 9.97 Å². The number of aromatic nitrogens is 2. The van der Waals surface area contributed by atoms with Crippen LogP contribution in [0, 0.1) is 0 Å². The largest absolute Gasteiger partial charge is 0.467 e. The third-order valence-electron chi connectivity index (χ3n) is 2.28. The van der Waals surface area contributed by atoms with Crippen LogP contribution < -0.4 is 5.32 Å². The fourth-order valence-corrected chi connectivity index (χ4v) is 1.73. The Morgan fingerprint density at radius 3 is 3.00 bits per heavy atom. The lowest BCUT2D eigenvalue weighted by Gasteiger charge is -2.06. The van der Waals surface area contributed by atoms with Crippen molar-refractivity contribution in [1.82, 2.24) is 9.97 Å². The molecule has 0 aromatic carbocycles. The number of hydrogen-bond donors (Lipinski definition) is 1. The molecule has 0 spiro atoms. The highest BCUT2D eigenvalue weighted by Crippen LogP contribution is 2.13. The molecule has 0 saturated heterocycles. The first-order valence-electron chi connectivity index (χ1n) is 5.57. The predicted molar refractivity (Wildman–Crippen MR) is 67.1 cm³/mol. The van der Waals surface area contributed by atoms with Crippen LogP contribution in [0.2, 0.25) is 5.28 Å². The Morgan fingerprint density at radius 2 is 2.29 bits per heavy atom. The molecule has 0 saturated carbocycles. The number of hydrogen-bond acceptors (Lipinski definition) is 4. The molecule has 0 aliphatic heterocycles. The molecule has 0 amide bonds. The third-order valence-corrected chi connectivity index (χ3v) is 2.45. The minimum atomic E-state index is 0.276. The van der Waals surface area contributed by atoms with Gasteiger partial charge in [-0.2, -0.15) is 0 Å².